The van der Waals surface area contributed by atoms with E-state index in [1.54, 1.807) is 43.5 Å². The number of imide groups is 1. The molecule has 1 aromatic heterocycles. The minimum Gasteiger partial charge on any atom is -0.497 e. The number of ether oxygens (including phenoxy) is 2. The molecule has 0 bridgehead atoms. The van der Waals surface area contributed by atoms with Gasteiger partial charge in [0.1, 0.15) is 5.75 Å². The summed E-state index contributed by atoms with van der Waals surface area (Å²) in [6, 6.07) is 13.3. The molecule has 0 spiro atoms. The van der Waals surface area contributed by atoms with Crippen LogP contribution in [0.1, 0.15) is 29.1 Å². The Kier molecular flexibility index (Phi) is 5.25. The third kappa shape index (κ3) is 3.90. The van der Waals surface area contributed by atoms with Crippen molar-refractivity contribution in [3.8, 4) is 17.1 Å². The smallest absolute Gasteiger partial charge is 0.338 e. The van der Waals surface area contributed by atoms with Crippen LogP contribution < -0.4 is 9.64 Å². The van der Waals surface area contributed by atoms with Gasteiger partial charge < -0.3 is 14.0 Å². The highest BCUT2D eigenvalue weighted by Crippen LogP contribution is 2.24. The Hall–Kier alpha value is -4.01. The number of carbonyl (C=O) groups excluding carboxylic acids is 3. The number of aromatic nitrogens is 2. The van der Waals surface area contributed by atoms with Crippen LogP contribution in [-0.2, 0) is 20.9 Å². The van der Waals surface area contributed by atoms with Crippen LogP contribution in [-0.4, -0.2) is 35.0 Å². The number of methoxy groups -OCH3 is 1. The average molecular weight is 407 g/mol. The van der Waals surface area contributed by atoms with Gasteiger partial charge in [0.2, 0.25) is 17.6 Å². The van der Waals surface area contributed by atoms with E-state index in [1.807, 2.05) is 0 Å². The monoisotopic (exact) mass is 407 g/mol. The van der Waals surface area contributed by atoms with E-state index in [-0.39, 0.29) is 42.7 Å². The van der Waals surface area contributed by atoms with E-state index in [2.05, 4.69) is 10.1 Å². The van der Waals surface area contributed by atoms with Crippen molar-refractivity contribution in [2.75, 3.05) is 12.0 Å². The summed E-state index contributed by atoms with van der Waals surface area (Å²) in [7, 11) is 1.56. The lowest BCUT2D eigenvalue weighted by atomic mass is 10.2. The predicted molar refractivity (Wildman–Crippen MR) is 104 cm³/mol. The van der Waals surface area contributed by atoms with Gasteiger partial charge in [0.15, 0.2) is 6.61 Å². The highest BCUT2D eigenvalue weighted by molar-refractivity contribution is 6.20. The van der Waals surface area contributed by atoms with E-state index in [1.165, 1.54) is 12.1 Å². The van der Waals surface area contributed by atoms with Crippen molar-refractivity contribution in [3.63, 3.8) is 0 Å². The molecule has 2 aromatic carbocycles. The zero-order valence-corrected chi connectivity index (χ0v) is 16.0. The first-order valence-corrected chi connectivity index (χ1v) is 9.15. The van der Waals surface area contributed by atoms with E-state index < -0.39 is 5.97 Å². The molecule has 152 valence electrons. The molecule has 2 heterocycles. The third-order valence-electron chi connectivity index (χ3n) is 4.51. The van der Waals surface area contributed by atoms with Crippen LogP contribution >= 0.6 is 0 Å². The molecular formula is C21H17N3O6. The van der Waals surface area contributed by atoms with Crippen molar-refractivity contribution in [2.24, 2.45) is 0 Å². The van der Waals surface area contributed by atoms with Crippen molar-refractivity contribution in [1.82, 2.24) is 10.1 Å². The quantitative estimate of drug-likeness (QED) is 0.453. The topological polar surface area (TPSA) is 112 Å². The standard InChI is InChI=1S/C21H17N3O6/c1-28-16-7-3-4-13(11-16)20-22-17(30-23-20)12-29-21(27)14-5-2-6-15(10-14)24-18(25)8-9-19(24)26/h2-7,10-11H,8-9,12H2,1H3. The van der Waals surface area contributed by atoms with Crippen LogP contribution in [0.15, 0.2) is 53.1 Å². The van der Waals surface area contributed by atoms with Gasteiger partial charge in [0.25, 0.3) is 5.89 Å². The summed E-state index contributed by atoms with van der Waals surface area (Å²) >= 11 is 0. The summed E-state index contributed by atoms with van der Waals surface area (Å²) in [5.74, 6) is -0.102. The molecule has 2 amide bonds. The Morgan fingerprint density at radius 3 is 2.63 bits per heavy atom. The third-order valence-corrected chi connectivity index (χ3v) is 4.51. The maximum atomic E-state index is 12.4. The first kappa shape index (κ1) is 19.3. The number of rotatable bonds is 6. The molecule has 1 aliphatic heterocycles. The van der Waals surface area contributed by atoms with Gasteiger partial charge in [-0.1, -0.05) is 23.4 Å². The number of carbonyl (C=O) groups is 3. The van der Waals surface area contributed by atoms with Gasteiger partial charge in [-0.3, -0.25) is 14.5 Å². The summed E-state index contributed by atoms with van der Waals surface area (Å²) < 4.78 is 15.5. The summed E-state index contributed by atoms with van der Waals surface area (Å²) in [5.41, 5.74) is 1.24. The van der Waals surface area contributed by atoms with E-state index in [0.29, 0.717) is 22.8 Å². The van der Waals surface area contributed by atoms with Crippen molar-refractivity contribution < 1.29 is 28.4 Å². The van der Waals surface area contributed by atoms with Crippen LogP contribution in [0.25, 0.3) is 11.4 Å². The van der Waals surface area contributed by atoms with Crippen molar-refractivity contribution >= 4 is 23.5 Å². The van der Waals surface area contributed by atoms with Crippen LogP contribution in [0.2, 0.25) is 0 Å². The maximum Gasteiger partial charge on any atom is 0.338 e. The molecule has 0 atom stereocenters. The second-order valence-corrected chi connectivity index (χ2v) is 6.49. The van der Waals surface area contributed by atoms with Gasteiger partial charge in [-0.2, -0.15) is 4.98 Å². The molecular weight excluding hydrogens is 390 g/mol. The highest BCUT2D eigenvalue weighted by atomic mass is 16.6. The molecule has 1 saturated heterocycles. The van der Waals surface area contributed by atoms with E-state index in [0.717, 1.165) is 4.90 Å². The molecule has 0 radical (unpaired) electrons. The maximum absolute atomic E-state index is 12.4. The molecule has 0 N–H and O–H groups in total. The second kappa shape index (κ2) is 8.16. The van der Waals surface area contributed by atoms with Crippen LogP contribution in [0.4, 0.5) is 5.69 Å². The summed E-state index contributed by atoms with van der Waals surface area (Å²) in [5, 5.41) is 3.88. The lowest BCUT2D eigenvalue weighted by molar-refractivity contribution is -0.121. The Labute approximate surface area is 171 Å². The van der Waals surface area contributed by atoms with Crippen molar-refractivity contribution in [2.45, 2.75) is 19.4 Å². The number of amides is 2. The van der Waals surface area contributed by atoms with E-state index >= 15 is 0 Å². The van der Waals surface area contributed by atoms with Gasteiger partial charge in [-0.15, -0.1) is 0 Å². The molecule has 30 heavy (non-hydrogen) atoms. The Bertz CT molecular complexity index is 1110. The first-order chi connectivity index (χ1) is 14.5. The normalized spacial score (nSPS) is 13.6. The SMILES string of the molecule is COc1cccc(-c2noc(COC(=O)c3cccc(N4C(=O)CCC4=O)c3)n2)c1. The minimum atomic E-state index is -0.642. The Morgan fingerprint density at radius 2 is 1.87 bits per heavy atom. The van der Waals surface area contributed by atoms with E-state index in [4.69, 9.17) is 14.0 Å². The summed E-state index contributed by atoms with van der Waals surface area (Å²) in [6.07, 6.45) is 0.334. The largest absolute Gasteiger partial charge is 0.497 e. The Balaban J connectivity index is 1.43. The van der Waals surface area contributed by atoms with Crippen LogP contribution in [0, 0.1) is 0 Å². The second-order valence-electron chi connectivity index (χ2n) is 6.49. The predicted octanol–water partition coefficient (Wildman–Crippen LogP) is 2.76. The fourth-order valence-electron chi connectivity index (χ4n) is 3.04. The van der Waals surface area contributed by atoms with Crippen molar-refractivity contribution in [1.29, 1.82) is 0 Å². The molecule has 9 nitrogen and oxygen atoms in total. The molecule has 0 aliphatic carbocycles. The fourth-order valence-corrected chi connectivity index (χ4v) is 3.04. The lowest BCUT2D eigenvalue weighted by Crippen LogP contribution is -2.28. The van der Waals surface area contributed by atoms with Crippen LogP contribution in [0.3, 0.4) is 0 Å². The van der Waals surface area contributed by atoms with Gasteiger partial charge in [-0.05, 0) is 30.3 Å². The zero-order valence-electron chi connectivity index (χ0n) is 16.0. The molecule has 3 aromatic rings. The first-order valence-electron chi connectivity index (χ1n) is 9.15. The number of hydrogen-bond acceptors (Lipinski definition) is 8. The highest BCUT2D eigenvalue weighted by Gasteiger charge is 2.30. The molecule has 4 rings (SSSR count). The average Bonchev–Trinajstić information content (AvgIpc) is 3.38. The van der Waals surface area contributed by atoms with Crippen molar-refractivity contribution in [3.05, 3.63) is 60.0 Å². The molecule has 1 aliphatic rings. The number of hydrogen-bond donors (Lipinski definition) is 0. The van der Waals surface area contributed by atoms with Gasteiger partial charge in [0, 0.05) is 18.4 Å². The fraction of sp³-hybridized carbons (Fsp3) is 0.190. The van der Waals surface area contributed by atoms with Gasteiger partial charge in [-0.25, -0.2) is 4.79 Å². The molecule has 0 saturated carbocycles. The Morgan fingerprint density at radius 1 is 1.10 bits per heavy atom. The molecule has 1 fully saturated rings. The van der Waals surface area contributed by atoms with Gasteiger partial charge >= 0.3 is 5.97 Å². The van der Waals surface area contributed by atoms with Gasteiger partial charge in [0.05, 0.1) is 18.4 Å². The minimum absolute atomic E-state index is 0.127. The molecule has 0 unspecified atom stereocenters. The summed E-state index contributed by atoms with van der Waals surface area (Å²) in [4.78, 5) is 41.5. The van der Waals surface area contributed by atoms with Crippen LogP contribution in [0.5, 0.6) is 5.75 Å². The molecule has 9 heteroatoms. The number of benzene rings is 2. The number of esters is 1. The lowest BCUT2D eigenvalue weighted by Gasteiger charge is -2.14. The van der Waals surface area contributed by atoms with E-state index in [9.17, 15) is 14.4 Å². The summed E-state index contributed by atoms with van der Waals surface area (Å²) in [6.45, 7) is -0.221. The number of anilines is 1. The number of nitrogens with zero attached hydrogens (tertiary/aromatic N) is 3. The zero-order chi connectivity index (χ0) is 21.1.